The van der Waals surface area contributed by atoms with Gasteiger partial charge in [0.05, 0.1) is 15.7 Å². The van der Waals surface area contributed by atoms with Gasteiger partial charge >= 0.3 is 0 Å². The third kappa shape index (κ3) is 2.48. The van der Waals surface area contributed by atoms with E-state index < -0.39 is 16.6 Å². The molecule has 0 aliphatic heterocycles. The van der Waals surface area contributed by atoms with Gasteiger partial charge in [-0.05, 0) is 25.1 Å². The highest BCUT2D eigenvalue weighted by Crippen LogP contribution is 2.37. The Bertz CT molecular complexity index is 927. The smallest absolute Gasteiger partial charge is 0.258 e. The van der Waals surface area contributed by atoms with Gasteiger partial charge in [-0.3, -0.25) is 10.1 Å². The molecule has 8 heteroatoms. The van der Waals surface area contributed by atoms with Crippen molar-refractivity contribution >= 4 is 43.2 Å². The minimum Gasteiger partial charge on any atom is -0.258 e. The van der Waals surface area contributed by atoms with Crippen LogP contribution in [0, 0.1) is 28.7 Å². The summed E-state index contributed by atoms with van der Waals surface area (Å²) in [6.07, 6.45) is 0. The number of hydrogen-bond donors (Lipinski definition) is 0. The number of nitro benzene ring substituents is 1. The summed E-state index contributed by atoms with van der Waals surface area (Å²) in [7, 11) is 0. The number of halogens is 3. The highest BCUT2D eigenvalue weighted by atomic mass is 79.9. The second-order valence-corrected chi connectivity index (χ2v) is 6.55. The molecule has 0 bridgehead atoms. The van der Waals surface area contributed by atoms with Crippen molar-refractivity contribution in [2.45, 2.75) is 6.92 Å². The van der Waals surface area contributed by atoms with Crippen LogP contribution < -0.4 is 0 Å². The average Bonchev–Trinajstić information content (AvgIpc) is 2.84. The second-order valence-electron chi connectivity index (χ2n) is 4.61. The predicted octanol–water partition coefficient (Wildman–Crippen LogP) is 5.22. The van der Waals surface area contributed by atoms with Crippen molar-refractivity contribution in [3.8, 4) is 10.6 Å². The lowest BCUT2D eigenvalue weighted by Crippen LogP contribution is -1.95. The van der Waals surface area contributed by atoms with Crippen molar-refractivity contribution in [2.75, 3.05) is 0 Å². The first kappa shape index (κ1) is 15.0. The van der Waals surface area contributed by atoms with Crippen LogP contribution in [-0.2, 0) is 0 Å². The molecule has 0 unspecified atom stereocenters. The molecule has 3 rings (SSSR count). The van der Waals surface area contributed by atoms with Crippen LogP contribution in [-0.4, -0.2) is 9.91 Å². The maximum atomic E-state index is 13.9. The van der Waals surface area contributed by atoms with Gasteiger partial charge in [-0.1, -0.05) is 15.9 Å². The zero-order valence-electron chi connectivity index (χ0n) is 11.1. The van der Waals surface area contributed by atoms with Crippen LogP contribution in [0.15, 0.2) is 28.7 Å². The number of benzene rings is 2. The van der Waals surface area contributed by atoms with E-state index in [0.29, 0.717) is 25.3 Å². The molecule has 0 spiro atoms. The summed E-state index contributed by atoms with van der Waals surface area (Å²) >= 11 is 4.35. The third-order valence-corrected chi connectivity index (χ3v) is 4.68. The molecule has 4 nitrogen and oxygen atoms in total. The number of rotatable bonds is 2. The van der Waals surface area contributed by atoms with Gasteiger partial charge in [0, 0.05) is 15.6 Å². The standard InChI is InChI=1S/C14H7BrF2N2O2S/c1-6-9(4-8(16)5-11(6)19(20)21)14-18-13-10(17)2-7(15)3-12(13)22-14/h2-5H,1H3. The molecule has 1 heterocycles. The van der Waals surface area contributed by atoms with E-state index in [1.54, 1.807) is 6.07 Å². The minimum absolute atomic E-state index is 0.162. The van der Waals surface area contributed by atoms with E-state index in [0.717, 1.165) is 17.4 Å². The Balaban J connectivity index is 2.28. The lowest BCUT2D eigenvalue weighted by atomic mass is 10.1. The Hall–Kier alpha value is -1.93. The summed E-state index contributed by atoms with van der Waals surface area (Å²) in [6.45, 7) is 1.52. The van der Waals surface area contributed by atoms with E-state index in [1.807, 2.05) is 0 Å². The summed E-state index contributed by atoms with van der Waals surface area (Å²) < 4.78 is 28.7. The number of nitrogens with zero attached hydrogens (tertiary/aromatic N) is 2. The molecule has 0 atom stereocenters. The van der Waals surface area contributed by atoms with Gasteiger partial charge in [0.1, 0.15) is 16.3 Å². The molecule has 0 amide bonds. The monoisotopic (exact) mass is 384 g/mol. The van der Waals surface area contributed by atoms with Crippen LogP contribution in [0.3, 0.4) is 0 Å². The molecule has 2 aromatic carbocycles. The summed E-state index contributed by atoms with van der Waals surface area (Å²) in [5.41, 5.74) is 0.429. The molecular weight excluding hydrogens is 378 g/mol. The van der Waals surface area contributed by atoms with Crippen molar-refractivity contribution in [1.82, 2.24) is 4.98 Å². The quantitative estimate of drug-likeness (QED) is 0.449. The second kappa shape index (κ2) is 5.36. The summed E-state index contributed by atoms with van der Waals surface area (Å²) in [5.74, 6) is -1.23. The summed E-state index contributed by atoms with van der Waals surface area (Å²) in [5, 5.41) is 11.3. The first-order valence-electron chi connectivity index (χ1n) is 6.07. The maximum absolute atomic E-state index is 13.9. The van der Waals surface area contributed by atoms with Gasteiger partial charge in [0.25, 0.3) is 5.69 Å². The van der Waals surface area contributed by atoms with Gasteiger partial charge in [0.15, 0.2) is 5.82 Å². The van der Waals surface area contributed by atoms with E-state index in [1.165, 1.54) is 19.1 Å². The van der Waals surface area contributed by atoms with Gasteiger partial charge in [-0.2, -0.15) is 0 Å². The topological polar surface area (TPSA) is 56.0 Å². The van der Waals surface area contributed by atoms with Crippen LogP contribution in [0.25, 0.3) is 20.8 Å². The van der Waals surface area contributed by atoms with Crippen molar-refractivity contribution in [3.63, 3.8) is 0 Å². The number of nitro groups is 1. The van der Waals surface area contributed by atoms with Gasteiger partial charge in [0.2, 0.25) is 0 Å². The number of hydrogen-bond acceptors (Lipinski definition) is 4. The highest BCUT2D eigenvalue weighted by molar-refractivity contribution is 9.10. The third-order valence-electron chi connectivity index (χ3n) is 3.19. The fourth-order valence-corrected chi connectivity index (χ4v) is 3.82. The maximum Gasteiger partial charge on any atom is 0.275 e. The normalized spacial score (nSPS) is 11.1. The molecule has 0 fully saturated rings. The van der Waals surface area contributed by atoms with Gasteiger partial charge in [-0.25, -0.2) is 13.8 Å². The Morgan fingerprint density at radius 2 is 2.00 bits per heavy atom. The Kier molecular flexibility index (Phi) is 3.65. The SMILES string of the molecule is Cc1c(-c2nc3c(F)cc(Br)cc3s2)cc(F)cc1[N+](=O)[O-]. The molecule has 0 aliphatic rings. The molecule has 3 aromatic rings. The van der Waals surface area contributed by atoms with Crippen LogP contribution in [0.4, 0.5) is 14.5 Å². The molecule has 1 aromatic heterocycles. The fourth-order valence-electron chi connectivity index (χ4n) is 2.15. The molecule has 0 aliphatic carbocycles. The molecule has 112 valence electrons. The lowest BCUT2D eigenvalue weighted by molar-refractivity contribution is -0.385. The Morgan fingerprint density at radius 3 is 2.68 bits per heavy atom. The van der Waals surface area contributed by atoms with Crippen molar-refractivity contribution in [3.05, 3.63) is 56.1 Å². The predicted molar refractivity (Wildman–Crippen MR) is 84.1 cm³/mol. The zero-order valence-corrected chi connectivity index (χ0v) is 13.5. The summed E-state index contributed by atoms with van der Waals surface area (Å²) in [4.78, 5) is 14.5. The Morgan fingerprint density at radius 1 is 1.27 bits per heavy atom. The van der Waals surface area contributed by atoms with E-state index in [2.05, 4.69) is 20.9 Å². The highest BCUT2D eigenvalue weighted by Gasteiger charge is 2.20. The van der Waals surface area contributed by atoms with Crippen LogP contribution in [0.2, 0.25) is 0 Å². The van der Waals surface area contributed by atoms with Gasteiger partial charge in [-0.15, -0.1) is 11.3 Å². The van der Waals surface area contributed by atoms with E-state index in [9.17, 15) is 18.9 Å². The minimum atomic E-state index is -0.729. The average molecular weight is 385 g/mol. The molecular formula is C14H7BrF2N2O2S. The first-order valence-corrected chi connectivity index (χ1v) is 7.68. The number of fused-ring (bicyclic) bond motifs is 1. The largest absolute Gasteiger partial charge is 0.275 e. The van der Waals surface area contributed by atoms with Crippen molar-refractivity contribution in [2.24, 2.45) is 0 Å². The van der Waals surface area contributed by atoms with E-state index >= 15 is 0 Å². The van der Waals surface area contributed by atoms with Crippen LogP contribution in [0.1, 0.15) is 5.56 Å². The number of aromatic nitrogens is 1. The molecule has 0 saturated carbocycles. The number of thiazole rings is 1. The zero-order chi connectivity index (χ0) is 16.0. The first-order chi connectivity index (χ1) is 10.4. The molecule has 0 radical (unpaired) electrons. The van der Waals surface area contributed by atoms with Crippen molar-refractivity contribution < 1.29 is 13.7 Å². The lowest BCUT2D eigenvalue weighted by Gasteiger charge is -2.03. The van der Waals surface area contributed by atoms with E-state index in [-0.39, 0.29) is 11.2 Å². The summed E-state index contributed by atoms with van der Waals surface area (Å²) in [6, 6.07) is 5.02. The van der Waals surface area contributed by atoms with Crippen LogP contribution >= 0.6 is 27.3 Å². The molecule has 0 N–H and O–H groups in total. The molecule has 22 heavy (non-hydrogen) atoms. The fraction of sp³-hybridized carbons (Fsp3) is 0.0714. The van der Waals surface area contributed by atoms with Crippen molar-refractivity contribution in [1.29, 1.82) is 0 Å². The Labute approximate surface area is 135 Å². The van der Waals surface area contributed by atoms with Crippen LogP contribution in [0.5, 0.6) is 0 Å². The molecule has 0 saturated heterocycles. The van der Waals surface area contributed by atoms with Gasteiger partial charge < -0.3 is 0 Å². The van der Waals surface area contributed by atoms with E-state index in [4.69, 9.17) is 0 Å².